The van der Waals surface area contributed by atoms with Gasteiger partial charge in [0, 0.05) is 30.4 Å². The number of nitro benzene ring substituents is 1. The van der Waals surface area contributed by atoms with Crippen LogP contribution < -0.4 is 0 Å². The number of likely N-dealkylation sites (tertiary alicyclic amines) is 1. The number of ketones is 1. The van der Waals surface area contributed by atoms with Gasteiger partial charge in [-0.1, -0.05) is 6.07 Å². The predicted molar refractivity (Wildman–Crippen MR) is 107 cm³/mol. The van der Waals surface area contributed by atoms with Crippen molar-refractivity contribution in [3.8, 4) is 0 Å². The van der Waals surface area contributed by atoms with Crippen LogP contribution in [0.5, 0.6) is 0 Å². The molecule has 0 spiro atoms. The molecule has 1 aromatic heterocycles. The first-order valence-corrected chi connectivity index (χ1v) is 9.37. The second kappa shape index (κ2) is 8.83. The lowest BCUT2D eigenvalue weighted by Crippen LogP contribution is -2.33. The number of non-ortho nitro benzene ring substituents is 1. The normalized spacial score (nSPS) is 18.2. The molecule has 1 saturated heterocycles. The summed E-state index contributed by atoms with van der Waals surface area (Å²) < 4.78 is 5.52. The third kappa shape index (κ3) is 4.20. The van der Waals surface area contributed by atoms with Gasteiger partial charge in [-0.25, -0.2) is 0 Å². The maximum absolute atomic E-state index is 12.8. The van der Waals surface area contributed by atoms with Crippen molar-refractivity contribution < 1.29 is 24.4 Å². The number of rotatable bonds is 7. The first-order chi connectivity index (χ1) is 14.3. The molecule has 9 nitrogen and oxygen atoms in total. The van der Waals surface area contributed by atoms with E-state index in [1.54, 1.807) is 18.2 Å². The van der Waals surface area contributed by atoms with Crippen molar-refractivity contribution in [3.63, 3.8) is 0 Å². The van der Waals surface area contributed by atoms with Gasteiger partial charge >= 0.3 is 0 Å². The molecule has 0 saturated carbocycles. The summed E-state index contributed by atoms with van der Waals surface area (Å²) in [5, 5.41) is 21.7. The molecule has 30 heavy (non-hydrogen) atoms. The number of nitrogens with zero attached hydrogens (tertiary/aromatic N) is 3. The molecule has 0 radical (unpaired) electrons. The average Bonchev–Trinajstić information content (AvgIpc) is 2.98. The van der Waals surface area contributed by atoms with Crippen LogP contribution in [0.25, 0.3) is 5.76 Å². The Labute approximate surface area is 172 Å². The van der Waals surface area contributed by atoms with Crippen LogP contribution in [-0.2, 0) is 14.3 Å². The highest BCUT2D eigenvalue weighted by molar-refractivity contribution is 6.46. The molecule has 9 heteroatoms. The number of aliphatic hydroxyl groups excluding tert-OH is 1. The number of carbonyl (C=O) groups is 2. The summed E-state index contributed by atoms with van der Waals surface area (Å²) in [6.07, 6.45) is 1.49. The van der Waals surface area contributed by atoms with Gasteiger partial charge in [-0.2, -0.15) is 0 Å². The van der Waals surface area contributed by atoms with Gasteiger partial charge in [0.05, 0.1) is 28.9 Å². The van der Waals surface area contributed by atoms with Crippen molar-refractivity contribution in [2.75, 3.05) is 13.2 Å². The lowest BCUT2D eigenvalue weighted by Gasteiger charge is -2.24. The monoisotopic (exact) mass is 411 g/mol. The SMILES string of the molecule is CC(C)OCCN1C(=O)C(=O)/C(=C(\O)c2ccc([N+](=O)[O-])cc2)C1c1ccccn1. The predicted octanol–water partition coefficient (Wildman–Crippen LogP) is 2.84. The van der Waals surface area contributed by atoms with E-state index in [4.69, 9.17) is 4.74 Å². The van der Waals surface area contributed by atoms with Crippen LogP contribution in [0.1, 0.15) is 31.1 Å². The maximum Gasteiger partial charge on any atom is 0.295 e. The number of Topliss-reactive ketones (excluding diaryl/α,β-unsaturated/α-hetero) is 1. The number of aromatic nitrogens is 1. The Balaban J connectivity index is 2.05. The Bertz CT molecular complexity index is 986. The zero-order chi connectivity index (χ0) is 21.8. The molecule has 1 fully saturated rings. The lowest BCUT2D eigenvalue weighted by atomic mass is 9.98. The van der Waals surface area contributed by atoms with Gasteiger partial charge in [0.25, 0.3) is 17.4 Å². The third-order valence-electron chi connectivity index (χ3n) is 4.64. The number of ether oxygens (including phenoxy) is 1. The van der Waals surface area contributed by atoms with Crippen molar-refractivity contribution in [1.82, 2.24) is 9.88 Å². The molecular weight excluding hydrogens is 390 g/mol. The molecule has 0 aliphatic carbocycles. The Kier molecular flexibility index (Phi) is 6.22. The van der Waals surface area contributed by atoms with Gasteiger partial charge in [-0.3, -0.25) is 24.7 Å². The first-order valence-electron chi connectivity index (χ1n) is 9.37. The minimum absolute atomic E-state index is 0.0461. The second-order valence-corrected chi connectivity index (χ2v) is 6.97. The number of nitro groups is 1. The minimum atomic E-state index is -0.892. The second-order valence-electron chi connectivity index (χ2n) is 6.97. The molecule has 2 heterocycles. The van der Waals surface area contributed by atoms with E-state index in [0.717, 1.165) is 0 Å². The molecule has 2 aromatic rings. The fraction of sp³-hybridized carbons (Fsp3) is 0.286. The number of hydrogen-bond acceptors (Lipinski definition) is 7. The lowest BCUT2D eigenvalue weighted by molar-refractivity contribution is -0.384. The van der Waals surface area contributed by atoms with E-state index < -0.39 is 28.4 Å². The third-order valence-corrected chi connectivity index (χ3v) is 4.64. The summed E-state index contributed by atoms with van der Waals surface area (Å²) in [5.74, 6) is -2.02. The van der Waals surface area contributed by atoms with E-state index in [2.05, 4.69) is 4.98 Å². The van der Waals surface area contributed by atoms with E-state index in [1.165, 1.54) is 35.4 Å². The standard InChI is InChI=1S/C21H21N3O6/c1-13(2)30-12-11-23-18(16-5-3-4-10-22-16)17(20(26)21(23)27)19(25)14-6-8-15(9-7-14)24(28)29/h3-10,13,18,25H,11-12H2,1-2H3/b19-17-. The van der Waals surface area contributed by atoms with Gasteiger partial charge in [-0.05, 0) is 38.1 Å². The zero-order valence-electron chi connectivity index (χ0n) is 16.5. The van der Waals surface area contributed by atoms with E-state index in [0.29, 0.717) is 5.69 Å². The summed E-state index contributed by atoms with van der Waals surface area (Å²) in [7, 11) is 0. The van der Waals surface area contributed by atoms with Gasteiger partial charge in [0.15, 0.2) is 0 Å². The van der Waals surface area contributed by atoms with E-state index in [1.807, 2.05) is 13.8 Å². The largest absolute Gasteiger partial charge is 0.507 e. The molecule has 1 aliphatic rings. The van der Waals surface area contributed by atoms with Gasteiger partial charge < -0.3 is 14.7 Å². The van der Waals surface area contributed by atoms with Crippen LogP contribution in [0.3, 0.4) is 0 Å². The summed E-state index contributed by atoms with van der Waals surface area (Å²) in [6, 6.07) is 9.30. The average molecular weight is 411 g/mol. The summed E-state index contributed by atoms with van der Waals surface area (Å²) in [5.41, 5.74) is 0.346. The van der Waals surface area contributed by atoms with Crippen molar-refractivity contribution >= 4 is 23.1 Å². The number of pyridine rings is 1. The smallest absolute Gasteiger partial charge is 0.295 e. The fourth-order valence-corrected chi connectivity index (χ4v) is 3.24. The van der Waals surface area contributed by atoms with Crippen LogP contribution >= 0.6 is 0 Å². The molecule has 1 N–H and O–H groups in total. The number of carbonyl (C=O) groups excluding carboxylic acids is 2. The van der Waals surface area contributed by atoms with E-state index in [-0.39, 0.29) is 36.1 Å². The number of amides is 1. The molecule has 1 aromatic carbocycles. The number of aliphatic hydroxyl groups is 1. The van der Waals surface area contributed by atoms with Crippen LogP contribution in [0.2, 0.25) is 0 Å². The Morgan fingerprint density at radius 2 is 1.93 bits per heavy atom. The van der Waals surface area contributed by atoms with E-state index >= 15 is 0 Å². The molecular formula is C21H21N3O6. The molecule has 0 bridgehead atoms. The highest BCUT2D eigenvalue weighted by Gasteiger charge is 2.46. The Morgan fingerprint density at radius 1 is 1.23 bits per heavy atom. The maximum atomic E-state index is 12.8. The van der Waals surface area contributed by atoms with Crippen LogP contribution in [-0.4, -0.2) is 50.9 Å². The van der Waals surface area contributed by atoms with Crippen LogP contribution in [0, 0.1) is 10.1 Å². The van der Waals surface area contributed by atoms with E-state index in [9.17, 15) is 24.8 Å². The molecule has 3 rings (SSSR count). The fourth-order valence-electron chi connectivity index (χ4n) is 3.24. The molecule has 1 atom stereocenters. The molecule has 1 amide bonds. The van der Waals surface area contributed by atoms with Crippen molar-refractivity contribution in [3.05, 3.63) is 75.6 Å². The van der Waals surface area contributed by atoms with Crippen molar-refractivity contribution in [2.45, 2.75) is 26.0 Å². The van der Waals surface area contributed by atoms with Crippen molar-refractivity contribution in [1.29, 1.82) is 0 Å². The summed E-state index contributed by atoms with van der Waals surface area (Å²) >= 11 is 0. The zero-order valence-corrected chi connectivity index (χ0v) is 16.5. The molecule has 1 aliphatic heterocycles. The first kappa shape index (κ1) is 21.1. The van der Waals surface area contributed by atoms with Crippen LogP contribution in [0.15, 0.2) is 54.2 Å². The quantitative estimate of drug-likeness (QED) is 0.244. The minimum Gasteiger partial charge on any atom is -0.507 e. The Hall–Kier alpha value is -3.59. The molecule has 1 unspecified atom stereocenters. The number of benzene rings is 1. The summed E-state index contributed by atoms with van der Waals surface area (Å²) in [6.45, 7) is 4.07. The van der Waals surface area contributed by atoms with Gasteiger partial charge in [-0.15, -0.1) is 0 Å². The van der Waals surface area contributed by atoms with Crippen LogP contribution in [0.4, 0.5) is 5.69 Å². The number of hydrogen-bond donors (Lipinski definition) is 1. The topological polar surface area (TPSA) is 123 Å². The van der Waals surface area contributed by atoms with Crippen molar-refractivity contribution in [2.24, 2.45) is 0 Å². The van der Waals surface area contributed by atoms with Gasteiger partial charge in [0.1, 0.15) is 11.8 Å². The highest BCUT2D eigenvalue weighted by atomic mass is 16.6. The molecule has 156 valence electrons. The van der Waals surface area contributed by atoms with Gasteiger partial charge in [0.2, 0.25) is 0 Å². The Morgan fingerprint density at radius 3 is 2.50 bits per heavy atom. The highest BCUT2D eigenvalue weighted by Crippen LogP contribution is 2.38. The summed E-state index contributed by atoms with van der Waals surface area (Å²) in [4.78, 5) is 41.4.